The maximum absolute atomic E-state index is 5.26. The molecule has 0 aliphatic carbocycles. The van der Waals surface area contributed by atoms with Crippen LogP contribution in [0.25, 0.3) is 0 Å². The lowest BCUT2D eigenvalue weighted by atomic mass is 10.0. The van der Waals surface area contributed by atoms with Crippen molar-refractivity contribution < 1.29 is 4.74 Å². The molecule has 1 rings (SSSR count). The fourth-order valence-corrected chi connectivity index (χ4v) is 2.91. The quantitative estimate of drug-likeness (QED) is 0.730. The SMILES string of the molecule is COCC1(C(C)C)NCCCS1. The van der Waals surface area contributed by atoms with Gasteiger partial charge >= 0.3 is 0 Å². The van der Waals surface area contributed by atoms with E-state index in [-0.39, 0.29) is 4.87 Å². The highest BCUT2D eigenvalue weighted by Crippen LogP contribution is 2.33. The zero-order chi connectivity index (χ0) is 9.03. The Bertz CT molecular complexity index is 127. The van der Waals surface area contributed by atoms with E-state index in [1.165, 1.54) is 12.2 Å². The largest absolute Gasteiger partial charge is 0.382 e. The van der Waals surface area contributed by atoms with Crippen LogP contribution in [0.4, 0.5) is 0 Å². The number of methoxy groups -OCH3 is 1. The summed E-state index contributed by atoms with van der Waals surface area (Å²) >= 11 is 2.01. The molecule has 0 aromatic heterocycles. The van der Waals surface area contributed by atoms with Gasteiger partial charge in [-0.15, -0.1) is 11.8 Å². The van der Waals surface area contributed by atoms with Gasteiger partial charge in [0.05, 0.1) is 11.5 Å². The summed E-state index contributed by atoms with van der Waals surface area (Å²) in [6, 6.07) is 0. The predicted octanol–water partition coefficient (Wildman–Crippen LogP) is 1.71. The van der Waals surface area contributed by atoms with Crippen LogP contribution in [0.3, 0.4) is 0 Å². The summed E-state index contributed by atoms with van der Waals surface area (Å²) in [5, 5.41) is 3.57. The van der Waals surface area contributed by atoms with Gasteiger partial charge in [0.1, 0.15) is 0 Å². The third kappa shape index (κ3) is 2.15. The molecule has 0 aromatic rings. The molecule has 2 nitrogen and oxygen atoms in total. The van der Waals surface area contributed by atoms with Crippen LogP contribution in [0.5, 0.6) is 0 Å². The lowest BCUT2D eigenvalue weighted by molar-refractivity contribution is 0.129. The second-order valence-corrected chi connectivity index (χ2v) is 5.03. The molecule has 1 aliphatic rings. The maximum atomic E-state index is 5.26. The molecular formula is C9H19NOS. The van der Waals surface area contributed by atoms with Crippen molar-refractivity contribution in [3.05, 3.63) is 0 Å². The van der Waals surface area contributed by atoms with E-state index in [0.717, 1.165) is 13.2 Å². The van der Waals surface area contributed by atoms with Gasteiger partial charge < -0.3 is 10.1 Å². The van der Waals surface area contributed by atoms with Crippen molar-refractivity contribution in [3.8, 4) is 0 Å². The van der Waals surface area contributed by atoms with Crippen molar-refractivity contribution in [2.75, 3.05) is 26.0 Å². The van der Waals surface area contributed by atoms with Crippen LogP contribution in [-0.4, -0.2) is 30.9 Å². The van der Waals surface area contributed by atoms with Crippen LogP contribution in [0.2, 0.25) is 0 Å². The molecule has 1 atom stereocenters. The van der Waals surface area contributed by atoms with E-state index in [1.807, 2.05) is 11.8 Å². The molecule has 12 heavy (non-hydrogen) atoms. The minimum atomic E-state index is 0.174. The van der Waals surface area contributed by atoms with E-state index < -0.39 is 0 Å². The molecule has 1 heterocycles. The molecule has 3 heteroatoms. The van der Waals surface area contributed by atoms with E-state index in [0.29, 0.717) is 5.92 Å². The maximum Gasteiger partial charge on any atom is 0.0904 e. The predicted molar refractivity (Wildman–Crippen MR) is 54.5 cm³/mol. The molecule has 1 aliphatic heterocycles. The van der Waals surface area contributed by atoms with Crippen molar-refractivity contribution >= 4 is 11.8 Å². The molecule has 0 radical (unpaired) electrons. The highest BCUT2D eigenvalue weighted by molar-refractivity contribution is 8.00. The third-order valence-electron chi connectivity index (χ3n) is 2.40. The van der Waals surface area contributed by atoms with Crippen LogP contribution in [0, 0.1) is 5.92 Å². The van der Waals surface area contributed by atoms with E-state index in [1.54, 1.807) is 7.11 Å². The van der Waals surface area contributed by atoms with Gasteiger partial charge in [0.2, 0.25) is 0 Å². The van der Waals surface area contributed by atoms with Crippen molar-refractivity contribution in [1.29, 1.82) is 0 Å². The van der Waals surface area contributed by atoms with Gasteiger partial charge in [0.15, 0.2) is 0 Å². The standard InChI is InChI=1S/C9H19NOS/c1-8(2)9(7-11-3)10-5-4-6-12-9/h8,10H,4-7H2,1-3H3. The normalized spacial score (nSPS) is 31.0. The zero-order valence-electron chi connectivity index (χ0n) is 8.22. The van der Waals surface area contributed by atoms with Gasteiger partial charge in [-0.1, -0.05) is 13.8 Å². The Morgan fingerprint density at radius 3 is 2.75 bits per heavy atom. The number of nitrogens with one attached hydrogen (secondary N) is 1. The van der Waals surface area contributed by atoms with E-state index in [4.69, 9.17) is 4.74 Å². The van der Waals surface area contributed by atoms with Crippen LogP contribution in [0.1, 0.15) is 20.3 Å². The van der Waals surface area contributed by atoms with Crippen LogP contribution < -0.4 is 5.32 Å². The topological polar surface area (TPSA) is 21.3 Å². The van der Waals surface area contributed by atoms with Crippen molar-refractivity contribution in [2.24, 2.45) is 5.92 Å². The smallest absolute Gasteiger partial charge is 0.0904 e. The summed E-state index contributed by atoms with van der Waals surface area (Å²) in [6.45, 7) is 6.46. The van der Waals surface area contributed by atoms with Crippen molar-refractivity contribution in [2.45, 2.75) is 25.1 Å². The highest BCUT2D eigenvalue weighted by Gasteiger charge is 2.35. The number of ether oxygens (including phenoxy) is 1. The molecule has 1 unspecified atom stereocenters. The number of hydrogen-bond donors (Lipinski definition) is 1. The first-order valence-corrected chi connectivity index (χ1v) is 5.58. The average Bonchev–Trinajstić information content (AvgIpc) is 2.06. The van der Waals surface area contributed by atoms with E-state index in [9.17, 15) is 0 Å². The zero-order valence-corrected chi connectivity index (χ0v) is 9.04. The van der Waals surface area contributed by atoms with Crippen LogP contribution >= 0.6 is 11.8 Å². The summed E-state index contributed by atoms with van der Waals surface area (Å²) in [5.41, 5.74) is 0. The Hall–Kier alpha value is 0.270. The number of rotatable bonds is 3. The minimum absolute atomic E-state index is 0.174. The Morgan fingerprint density at radius 1 is 1.58 bits per heavy atom. The van der Waals surface area contributed by atoms with Gasteiger partial charge in [-0.2, -0.15) is 0 Å². The van der Waals surface area contributed by atoms with Crippen LogP contribution in [0.15, 0.2) is 0 Å². The molecule has 0 spiro atoms. The number of hydrogen-bond acceptors (Lipinski definition) is 3. The second-order valence-electron chi connectivity index (χ2n) is 3.61. The molecule has 0 aromatic carbocycles. The first-order valence-electron chi connectivity index (χ1n) is 4.59. The fraction of sp³-hybridized carbons (Fsp3) is 1.00. The Balaban J connectivity index is 2.56. The fourth-order valence-electron chi connectivity index (χ4n) is 1.52. The first kappa shape index (κ1) is 10.4. The first-order chi connectivity index (χ1) is 5.71. The lowest BCUT2D eigenvalue weighted by Gasteiger charge is -2.40. The minimum Gasteiger partial charge on any atom is -0.382 e. The van der Waals surface area contributed by atoms with E-state index in [2.05, 4.69) is 19.2 Å². The molecule has 0 amide bonds. The van der Waals surface area contributed by atoms with Crippen molar-refractivity contribution in [1.82, 2.24) is 5.32 Å². The van der Waals surface area contributed by atoms with Crippen molar-refractivity contribution in [3.63, 3.8) is 0 Å². The molecule has 1 saturated heterocycles. The summed E-state index contributed by atoms with van der Waals surface area (Å²) in [4.78, 5) is 0.174. The molecule has 72 valence electrons. The second kappa shape index (κ2) is 4.49. The summed E-state index contributed by atoms with van der Waals surface area (Å²) in [6.07, 6.45) is 1.28. The Kier molecular flexibility index (Phi) is 3.87. The van der Waals surface area contributed by atoms with Gasteiger partial charge in [-0.25, -0.2) is 0 Å². The van der Waals surface area contributed by atoms with Gasteiger partial charge in [0.25, 0.3) is 0 Å². The van der Waals surface area contributed by atoms with Crippen LogP contribution in [-0.2, 0) is 4.74 Å². The van der Waals surface area contributed by atoms with Gasteiger partial charge in [-0.05, 0) is 24.6 Å². The van der Waals surface area contributed by atoms with Gasteiger partial charge in [-0.3, -0.25) is 0 Å². The molecule has 1 fully saturated rings. The Morgan fingerprint density at radius 2 is 2.33 bits per heavy atom. The third-order valence-corrected chi connectivity index (χ3v) is 4.14. The lowest BCUT2D eigenvalue weighted by Crippen LogP contribution is -2.53. The highest BCUT2D eigenvalue weighted by atomic mass is 32.2. The monoisotopic (exact) mass is 189 g/mol. The molecule has 1 N–H and O–H groups in total. The van der Waals surface area contributed by atoms with Gasteiger partial charge in [0, 0.05) is 7.11 Å². The average molecular weight is 189 g/mol. The van der Waals surface area contributed by atoms with E-state index >= 15 is 0 Å². The summed E-state index contributed by atoms with van der Waals surface area (Å²) < 4.78 is 5.26. The summed E-state index contributed by atoms with van der Waals surface area (Å²) in [5.74, 6) is 1.89. The molecule has 0 saturated carbocycles. The number of thioether (sulfide) groups is 1. The Labute approximate surface area is 79.4 Å². The summed E-state index contributed by atoms with van der Waals surface area (Å²) in [7, 11) is 1.78. The molecular weight excluding hydrogens is 170 g/mol. The molecule has 0 bridgehead atoms.